The number of benzene rings is 1. The van der Waals surface area contributed by atoms with Crippen molar-refractivity contribution in [1.82, 2.24) is 5.32 Å². The number of hydrogen-bond donors (Lipinski definition) is 2. The average Bonchev–Trinajstić information content (AvgIpc) is 2.29. The molecule has 1 aliphatic heterocycles. The van der Waals surface area contributed by atoms with E-state index in [1.807, 2.05) is 0 Å². The van der Waals surface area contributed by atoms with Crippen molar-refractivity contribution in [3.63, 3.8) is 0 Å². The summed E-state index contributed by atoms with van der Waals surface area (Å²) in [5.41, 5.74) is 0.411. The number of urea groups is 1. The Morgan fingerprint density at radius 3 is 2.88 bits per heavy atom. The number of carbonyl (C=O) groups excluding carboxylic acids is 1. The first-order valence-corrected chi connectivity index (χ1v) is 5.55. The molecule has 0 unspecified atom stereocenters. The predicted octanol–water partition coefficient (Wildman–Crippen LogP) is 1.96. The Bertz CT molecular complexity index is 476. The molecule has 1 heterocycles. The van der Waals surface area contributed by atoms with Gasteiger partial charge in [-0.3, -0.25) is 4.90 Å². The summed E-state index contributed by atoms with van der Waals surface area (Å²) in [6.45, 7) is 1.10. The standard InChI is InChI=1S/C11H11ClN2O3/c12-7-2-3-8(10(15)16)9(6-7)14-5-1-4-13-11(14)17/h2-3,6H,1,4-5H2,(H,13,17)(H,15,16). The third-order valence-corrected chi connectivity index (χ3v) is 2.80. The van der Waals surface area contributed by atoms with Gasteiger partial charge in [-0.05, 0) is 24.6 Å². The highest BCUT2D eigenvalue weighted by molar-refractivity contribution is 6.31. The third-order valence-electron chi connectivity index (χ3n) is 2.56. The van der Waals surface area contributed by atoms with Gasteiger partial charge in [0.15, 0.2) is 0 Å². The Balaban J connectivity index is 2.45. The highest BCUT2D eigenvalue weighted by atomic mass is 35.5. The fourth-order valence-electron chi connectivity index (χ4n) is 1.77. The van der Waals surface area contributed by atoms with Crippen LogP contribution in [-0.4, -0.2) is 30.2 Å². The monoisotopic (exact) mass is 254 g/mol. The van der Waals surface area contributed by atoms with Gasteiger partial charge in [0.05, 0.1) is 11.3 Å². The minimum atomic E-state index is -1.07. The number of carboxylic acid groups (broad SMARTS) is 1. The molecule has 1 fully saturated rings. The third kappa shape index (κ3) is 2.34. The Morgan fingerprint density at radius 2 is 2.24 bits per heavy atom. The predicted molar refractivity (Wildman–Crippen MR) is 63.8 cm³/mol. The minimum Gasteiger partial charge on any atom is -0.478 e. The lowest BCUT2D eigenvalue weighted by Crippen LogP contribution is -2.47. The molecule has 1 aromatic rings. The van der Waals surface area contributed by atoms with Crippen molar-refractivity contribution >= 4 is 29.3 Å². The van der Waals surface area contributed by atoms with Gasteiger partial charge in [0.25, 0.3) is 0 Å². The molecule has 1 aliphatic rings. The molecule has 0 atom stereocenters. The van der Waals surface area contributed by atoms with E-state index in [-0.39, 0.29) is 11.6 Å². The first kappa shape index (κ1) is 11.7. The Labute approximate surface area is 103 Å². The van der Waals surface area contributed by atoms with Gasteiger partial charge in [-0.15, -0.1) is 0 Å². The molecular weight excluding hydrogens is 244 g/mol. The fourth-order valence-corrected chi connectivity index (χ4v) is 1.93. The molecule has 0 saturated carbocycles. The minimum absolute atomic E-state index is 0.0754. The van der Waals surface area contributed by atoms with Crippen LogP contribution < -0.4 is 10.2 Å². The molecule has 0 aromatic heterocycles. The topological polar surface area (TPSA) is 69.6 Å². The number of carboxylic acids is 1. The number of aromatic carboxylic acids is 1. The zero-order valence-corrected chi connectivity index (χ0v) is 9.70. The quantitative estimate of drug-likeness (QED) is 0.848. The molecule has 17 heavy (non-hydrogen) atoms. The normalized spacial score (nSPS) is 15.6. The maximum atomic E-state index is 11.7. The van der Waals surface area contributed by atoms with Gasteiger partial charge in [-0.2, -0.15) is 0 Å². The lowest BCUT2D eigenvalue weighted by molar-refractivity contribution is 0.0697. The Hall–Kier alpha value is -1.75. The van der Waals surface area contributed by atoms with Crippen LogP contribution >= 0.6 is 11.6 Å². The van der Waals surface area contributed by atoms with Gasteiger partial charge >= 0.3 is 12.0 Å². The Kier molecular flexibility index (Phi) is 3.19. The van der Waals surface area contributed by atoms with E-state index in [0.29, 0.717) is 23.8 Å². The van der Waals surface area contributed by atoms with E-state index in [1.165, 1.54) is 23.1 Å². The van der Waals surface area contributed by atoms with Crippen molar-refractivity contribution in [3.8, 4) is 0 Å². The number of amides is 2. The van der Waals surface area contributed by atoms with Gasteiger partial charge in [-0.1, -0.05) is 11.6 Å². The maximum Gasteiger partial charge on any atom is 0.337 e. The summed E-state index contributed by atoms with van der Waals surface area (Å²) in [5, 5.41) is 12.1. The fraction of sp³-hybridized carbons (Fsp3) is 0.273. The van der Waals surface area contributed by atoms with Crippen LogP contribution in [0.2, 0.25) is 5.02 Å². The highest BCUT2D eigenvalue weighted by Crippen LogP contribution is 2.26. The molecule has 90 valence electrons. The summed E-state index contributed by atoms with van der Waals surface area (Å²) in [7, 11) is 0. The number of nitrogens with one attached hydrogen (secondary N) is 1. The van der Waals surface area contributed by atoms with Crippen molar-refractivity contribution in [1.29, 1.82) is 0 Å². The van der Waals surface area contributed by atoms with E-state index in [1.54, 1.807) is 0 Å². The molecular formula is C11H11ClN2O3. The van der Waals surface area contributed by atoms with Crippen molar-refractivity contribution in [2.24, 2.45) is 0 Å². The van der Waals surface area contributed by atoms with Crippen LogP contribution in [0.5, 0.6) is 0 Å². The summed E-state index contributed by atoms with van der Waals surface area (Å²) in [6, 6.07) is 4.11. The van der Waals surface area contributed by atoms with Crippen molar-refractivity contribution < 1.29 is 14.7 Å². The molecule has 0 bridgehead atoms. The van der Waals surface area contributed by atoms with E-state index in [9.17, 15) is 9.59 Å². The van der Waals surface area contributed by atoms with Crippen molar-refractivity contribution in [2.45, 2.75) is 6.42 Å². The van der Waals surface area contributed by atoms with Crippen molar-refractivity contribution in [2.75, 3.05) is 18.0 Å². The second kappa shape index (κ2) is 4.63. The molecule has 1 saturated heterocycles. The lowest BCUT2D eigenvalue weighted by Gasteiger charge is -2.28. The molecule has 2 N–H and O–H groups in total. The summed E-state index contributed by atoms with van der Waals surface area (Å²) < 4.78 is 0. The summed E-state index contributed by atoms with van der Waals surface area (Å²) in [4.78, 5) is 24.1. The van der Waals surface area contributed by atoms with Gasteiger partial charge < -0.3 is 10.4 Å². The van der Waals surface area contributed by atoms with Gasteiger partial charge in [0.1, 0.15) is 0 Å². The first-order valence-electron chi connectivity index (χ1n) is 5.18. The van der Waals surface area contributed by atoms with Crippen LogP contribution in [0.1, 0.15) is 16.8 Å². The molecule has 0 radical (unpaired) electrons. The second-order valence-electron chi connectivity index (χ2n) is 3.70. The zero-order chi connectivity index (χ0) is 12.4. The zero-order valence-electron chi connectivity index (χ0n) is 8.94. The first-order chi connectivity index (χ1) is 8.09. The molecule has 1 aromatic carbocycles. The van der Waals surface area contributed by atoms with Crippen LogP contribution in [0.4, 0.5) is 10.5 Å². The van der Waals surface area contributed by atoms with Crippen LogP contribution in [0.3, 0.4) is 0 Å². The molecule has 2 amide bonds. The summed E-state index contributed by atoms with van der Waals surface area (Å²) >= 11 is 5.84. The second-order valence-corrected chi connectivity index (χ2v) is 4.14. The van der Waals surface area contributed by atoms with E-state index in [4.69, 9.17) is 16.7 Å². The highest BCUT2D eigenvalue weighted by Gasteiger charge is 2.24. The average molecular weight is 255 g/mol. The van der Waals surface area contributed by atoms with E-state index in [2.05, 4.69) is 5.32 Å². The number of rotatable bonds is 2. The van der Waals surface area contributed by atoms with E-state index in [0.717, 1.165) is 6.42 Å². The van der Waals surface area contributed by atoms with Crippen molar-refractivity contribution in [3.05, 3.63) is 28.8 Å². The SMILES string of the molecule is O=C(O)c1ccc(Cl)cc1N1CCCNC1=O. The van der Waals surface area contributed by atoms with Crippen LogP contribution in [0.25, 0.3) is 0 Å². The van der Waals surface area contributed by atoms with Crippen LogP contribution in [0.15, 0.2) is 18.2 Å². The summed E-state index contributed by atoms with van der Waals surface area (Å²) in [5.74, 6) is -1.07. The molecule has 5 nitrogen and oxygen atoms in total. The number of halogens is 1. The van der Waals surface area contributed by atoms with Gasteiger partial charge in [0, 0.05) is 18.1 Å². The molecule has 0 spiro atoms. The molecule has 6 heteroatoms. The van der Waals surface area contributed by atoms with Crippen LogP contribution in [0, 0.1) is 0 Å². The van der Waals surface area contributed by atoms with E-state index >= 15 is 0 Å². The number of nitrogens with zero attached hydrogens (tertiary/aromatic N) is 1. The van der Waals surface area contributed by atoms with Gasteiger partial charge in [0.2, 0.25) is 0 Å². The van der Waals surface area contributed by atoms with E-state index < -0.39 is 5.97 Å². The van der Waals surface area contributed by atoms with Crippen LogP contribution in [-0.2, 0) is 0 Å². The Morgan fingerprint density at radius 1 is 1.47 bits per heavy atom. The lowest BCUT2D eigenvalue weighted by atomic mass is 10.1. The molecule has 0 aliphatic carbocycles. The number of carbonyl (C=O) groups is 2. The maximum absolute atomic E-state index is 11.7. The number of anilines is 1. The smallest absolute Gasteiger partial charge is 0.337 e. The number of hydrogen-bond acceptors (Lipinski definition) is 2. The van der Waals surface area contributed by atoms with Gasteiger partial charge in [-0.25, -0.2) is 9.59 Å². The molecule has 2 rings (SSSR count). The largest absolute Gasteiger partial charge is 0.478 e. The summed E-state index contributed by atoms with van der Waals surface area (Å²) in [6.07, 6.45) is 0.775.